The van der Waals surface area contributed by atoms with Crippen LogP contribution in [0.25, 0.3) is 0 Å². The van der Waals surface area contributed by atoms with Crippen LogP contribution < -0.4 is 0 Å². The lowest BCUT2D eigenvalue weighted by Gasteiger charge is -2.02. The Morgan fingerprint density at radius 3 is 2.27 bits per heavy atom. The molecule has 0 atom stereocenters. The molecule has 0 aliphatic rings. The topological polar surface area (TPSA) is 25.8 Å². The lowest BCUT2D eigenvalue weighted by molar-refractivity contribution is -0.141. The van der Waals surface area contributed by atoms with Crippen molar-refractivity contribution in [1.82, 2.24) is 9.97 Å². The van der Waals surface area contributed by atoms with Gasteiger partial charge in [0.15, 0.2) is 5.69 Å². The second kappa shape index (κ2) is 2.48. The van der Waals surface area contributed by atoms with Crippen LogP contribution in [0.1, 0.15) is 11.4 Å². The second-order valence-corrected chi connectivity index (χ2v) is 1.88. The van der Waals surface area contributed by atoms with Crippen LogP contribution in [-0.4, -0.2) is 9.97 Å². The van der Waals surface area contributed by atoms with E-state index in [-0.39, 0.29) is 5.69 Å². The fourth-order valence-corrected chi connectivity index (χ4v) is 0.506. The maximum absolute atomic E-state index is 11.8. The molecule has 0 N–H and O–H groups in total. The summed E-state index contributed by atoms with van der Waals surface area (Å²) >= 11 is 0. The lowest BCUT2D eigenvalue weighted by atomic mass is 10.4. The van der Waals surface area contributed by atoms with Crippen LogP contribution in [0, 0.1) is 19.3 Å². The monoisotopic (exact) mass is 160 g/mol. The molecule has 5 heteroatoms. The number of rotatable bonds is 0. The fourth-order valence-electron chi connectivity index (χ4n) is 0.506. The second-order valence-electron chi connectivity index (χ2n) is 1.88. The van der Waals surface area contributed by atoms with E-state index in [1.807, 2.05) is 0 Å². The van der Waals surface area contributed by atoms with Crippen molar-refractivity contribution < 1.29 is 13.2 Å². The van der Waals surface area contributed by atoms with Gasteiger partial charge in [0.05, 0.1) is 5.69 Å². The van der Waals surface area contributed by atoms with Gasteiger partial charge in [0.2, 0.25) is 0 Å². The van der Waals surface area contributed by atoms with Gasteiger partial charge in [-0.05, 0) is 6.92 Å². The van der Waals surface area contributed by atoms with Gasteiger partial charge in [0, 0.05) is 0 Å². The standard InChI is InChI=1S/C6H3F3N2/c1-4-2-10-3-5(11-4)6(7,8)9/h1H3. The van der Waals surface area contributed by atoms with Crippen molar-refractivity contribution >= 4 is 0 Å². The third-order valence-electron chi connectivity index (χ3n) is 0.928. The average Bonchev–Trinajstić information content (AvgIpc) is 1.86. The van der Waals surface area contributed by atoms with Crippen molar-refractivity contribution in [3.63, 3.8) is 0 Å². The number of hydrogen-bond donors (Lipinski definition) is 0. The first-order chi connectivity index (χ1) is 5.00. The molecule has 0 amide bonds. The van der Waals surface area contributed by atoms with Gasteiger partial charge in [-0.3, -0.25) is 0 Å². The molecular formula is C6H3F3N2. The van der Waals surface area contributed by atoms with Gasteiger partial charge in [0.25, 0.3) is 0 Å². The van der Waals surface area contributed by atoms with E-state index in [9.17, 15) is 13.2 Å². The first-order valence-corrected chi connectivity index (χ1v) is 2.71. The van der Waals surface area contributed by atoms with Gasteiger partial charge in [0.1, 0.15) is 12.4 Å². The average molecular weight is 160 g/mol. The number of hydrogen-bond acceptors (Lipinski definition) is 2. The number of alkyl halides is 3. The smallest absolute Gasteiger partial charge is 0.244 e. The van der Waals surface area contributed by atoms with Crippen molar-refractivity contribution in [2.75, 3.05) is 0 Å². The van der Waals surface area contributed by atoms with E-state index in [1.54, 1.807) is 6.20 Å². The zero-order valence-corrected chi connectivity index (χ0v) is 5.53. The molecule has 0 spiro atoms. The van der Waals surface area contributed by atoms with Crippen LogP contribution in [-0.2, 0) is 6.18 Å². The predicted molar refractivity (Wildman–Crippen MR) is 29.4 cm³/mol. The zero-order valence-electron chi connectivity index (χ0n) is 5.53. The molecule has 2 nitrogen and oxygen atoms in total. The minimum atomic E-state index is -4.47. The van der Waals surface area contributed by atoms with Crippen LogP contribution in [0.5, 0.6) is 0 Å². The Hall–Kier alpha value is -1.13. The normalized spacial score (nSPS) is 11.6. The fraction of sp³-hybridized carbons (Fsp3) is 0.333. The van der Waals surface area contributed by atoms with Crippen LogP contribution in [0.15, 0.2) is 0 Å². The van der Waals surface area contributed by atoms with Crippen LogP contribution in [0.2, 0.25) is 0 Å². The summed E-state index contributed by atoms with van der Waals surface area (Å²) in [5, 5.41) is 0. The summed E-state index contributed by atoms with van der Waals surface area (Å²) in [6.45, 7) is 1.38. The summed E-state index contributed by atoms with van der Waals surface area (Å²) in [5.41, 5.74) is -0.996. The zero-order chi connectivity index (χ0) is 8.48. The maximum atomic E-state index is 11.8. The lowest BCUT2D eigenvalue weighted by Crippen LogP contribution is -2.09. The predicted octanol–water partition coefficient (Wildman–Crippen LogP) is 1.40. The molecule has 0 aromatic carbocycles. The van der Waals surface area contributed by atoms with E-state index in [2.05, 4.69) is 16.2 Å². The Morgan fingerprint density at radius 1 is 1.27 bits per heavy atom. The van der Waals surface area contributed by atoms with Crippen molar-refractivity contribution in [1.29, 1.82) is 0 Å². The Bertz CT molecular complexity index is 256. The van der Waals surface area contributed by atoms with Gasteiger partial charge in [-0.15, -0.1) is 0 Å². The third kappa shape index (κ3) is 1.89. The Balaban J connectivity index is 3.06. The molecule has 2 radical (unpaired) electrons. The summed E-state index contributed by atoms with van der Waals surface area (Å²) < 4.78 is 35.5. The SMILES string of the molecule is Cc1[c]n[c]c(C(F)(F)F)n1. The van der Waals surface area contributed by atoms with Crippen LogP contribution in [0.3, 0.4) is 0 Å². The summed E-state index contributed by atoms with van der Waals surface area (Å²) in [6, 6.07) is 0. The Kier molecular flexibility index (Phi) is 1.80. The van der Waals surface area contributed by atoms with E-state index in [1.165, 1.54) is 6.92 Å². The summed E-state index contributed by atoms with van der Waals surface area (Å²) in [4.78, 5) is 6.26. The molecule has 0 bridgehead atoms. The number of halogens is 3. The number of aryl methyl sites for hydroxylation is 1. The number of nitrogens with zero attached hydrogens (tertiary/aromatic N) is 2. The van der Waals surface area contributed by atoms with Gasteiger partial charge in [-0.25, -0.2) is 9.97 Å². The minimum Gasteiger partial charge on any atom is -0.244 e. The molecule has 0 aliphatic heterocycles. The molecule has 58 valence electrons. The van der Waals surface area contributed by atoms with Crippen molar-refractivity contribution in [2.45, 2.75) is 13.1 Å². The van der Waals surface area contributed by atoms with E-state index in [0.29, 0.717) is 0 Å². The van der Waals surface area contributed by atoms with Gasteiger partial charge in [-0.2, -0.15) is 13.2 Å². The molecule has 1 aromatic rings. The van der Waals surface area contributed by atoms with E-state index < -0.39 is 11.9 Å². The van der Waals surface area contributed by atoms with Crippen molar-refractivity contribution in [2.24, 2.45) is 0 Å². The molecule has 0 fully saturated rings. The highest BCUT2D eigenvalue weighted by Gasteiger charge is 2.33. The molecular weight excluding hydrogens is 157 g/mol. The third-order valence-corrected chi connectivity index (χ3v) is 0.928. The molecule has 1 aromatic heterocycles. The first-order valence-electron chi connectivity index (χ1n) is 2.71. The van der Waals surface area contributed by atoms with Gasteiger partial charge < -0.3 is 0 Å². The molecule has 0 saturated carbocycles. The largest absolute Gasteiger partial charge is 0.435 e. The van der Waals surface area contributed by atoms with E-state index in [0.717, 1.165) is 0 Å². The molecule has 0 aliphatic carbocycles. The molecule has 0 unspecified atom stereocenters. The van der Waals surface area contributed by atoms with Crippen LogP contribution >= 0.6 is 0 Å². The molecule has 1 heterocycles. The van der Waals surface area contributed by atoms with Crippen LogP contribution in [0.4, 0.5) is 13.2 Å². The minimum absolute atomic E-state index is 0.107. The Labute approximate surface area is 61.1 Å². The molecule has 11 heavy (non-hydrogen) atoms. The quantitative estimate of drug-likeness (QED) is 0.573. The molecule has 0 saturated heterocycles. The number of aromatic nitrogens is 2. The van der Waals surface area contributed by atoms with Gasteiger partial charge in [-0.1, -0.05) is 0 Å². The summed E-state index contributed by atoms with van der Waals surface area (Å²) in [5.74, 6) is 0. The highest BCUT2D eigenvalue weighted by Crippen LogP contribution is 2.26. The van der Waals surface area contributed by atoms with E-state index >= 15 is 0 Å². The van der Waals surface area contributed by atoms with Gasteiger partial charge >= 0.3 is 6.18 Å². The summed E-state index contributed by atoms with van der Waals surface area (Å²) in [6.07, 6.45) is -0.531. The first kappa shape index (κ1) is 7.97. The Morgan fingerprint density at radius 2 is 1.91 bits per heavy atom. The highest BCUT2D eigenvalue weighted by atomic mass is 19.4. The maximum Gasteiger partial charge on any atom is 0.435 e. The van der Waals surface area contributed by atoms with E-state index in [4.69, 9.17) is 0 Å². The summed E-state index contributed by atoms with van der Waals surface area (Å²) in [7, 11) is 0. The highest BCUT2D eigenvalue weighted by molar-refractivity contribution is 5.02. The van der Waals surface area contributed by atoms with Crippen molar-refractivity contribution in [3.05, 3.63) is 23.8 Å². The van der Waals surface area contributed by atoms with Crippen molar-refractivity contribution in [3.8, 4) is 0 Å². The molecule has 1 rings (SSSR count).